The Kier molecular flexibility index (Phi) is 3.39. The highest BCUT2D eigenvalue weighted by Gasteiger charge is 2.13. The number of benzene rings is 1. The molecule has 0 radical (unpaired) electrons. The summed E-state index contributed by atoms with van der Waals surface area (Å²) in [6.07, 6.45) is -0.00992. The van der Waals surface area contributed by atoms with Crippen molar-refractivity contribution in [2.24, 2.45) is 0 Å². The maximum Gasteiger partial charge on any atom is 0.336 e. The third-order valence-corrected chi connectivity index (χ3v) is 2.70. The Morgan fingerprint density at radius 3 is 2.72 bits per heavy atom. The fourth-order valence-corrected chi connectivity index (χ4v) is 1.94. The molecule has 2 rings (SSSR count). The van der Waals surface area contributed by atoms with Gasteiger partial charge in [0.05, 0.1) is 18.3 Å². The molecule has 0 amide bonds. The van der Waals surface area contributed by atoms with Gasteiger partial charge in [-0.1, -0.05) is 0 Å². The molecule has 0 saturated heterocycles. The van der Waals surface area contributed by atoms with Crippen LogP contribution < -0.4 is 10.4 Å². The van der Waals surface area contributed by atoms with Crippen LogP contribution in [0, 0.1) is 6.92 Å². The number of rotatable bonds is 3. The van der Waals surface area contributed by atoms with E-state index >= 15 is 0 Å². The first-order valence-electron chi connectivity index (χ1n) is 5.86. The molecule has 96 valence electrons. The lowest BCUT2D eigenvalue weighted by Crippen LogP contribution is -2.08. The molecule has 4 heteroatoms. The van der Waals surface area contributed by atoms with E-state index in [0.29, 0.717) is 16.9 Å². The molecule has 2 aromatic rings. The Morgan fingerprint density at radius 2 is 2.11 bits per heavy atom. The molecule has 0 fully saturated rings. The molecule has 0 aliphatic carbocycles. The summed E-state index contributed by atoms with van der Waals surface area (Å²) in [6, 6.07) is 5.07. The first-order chi connectivity index (χ1) is 8.52. The standard InChI is InChI=1S/C14H16O4/c1-8(2)17-12-5-4-10-9(3)6-13(16)18-14(10)11(12)7-15/h4-6,8,15H,7H2,1-3H3. The second-order valence-electron chi connectivity index (χ2n) is 4.49. The molecule has 0 bridgehead atoms. The van der Waals surface area contributed by atoms with Crippen molar-refractivity contribution in [1.82, 2.24) is 0 Å². The minimum atomic E-state index is -0.420. The van der Waals surface area contributed by atoms with Crippen molar-refractivity contribution in [2.45, 2.75) is 33.5 Å². The highest BCUT2D eigenvalue weighted by Crippen LogP contribution is 2.29. The average Bonchev–Trinajstić information content (AvgIpc) is 2.27. The number of hydrogen-bond acceptors (Lipinski definition) is 4. The highest BCUT2D eigenvalue weighted by atomic mass is 16.5. The smallest absolute Gasteiger partial charge is 0.336 e. The zero-order chi connectivity index (χ0) is 13.3. The summed E-state index contributed by atoms with van der Waals surface area (Å²) < 4.78 is 10.8. The molecule has 1 N–H and O–H groups in total. The molecule has 0 unspecified atom stereocenters. The van der Waals surface area contributed by atoms with Gasteiger partial charge in [0.2, 0.25) is 0 Å². The first kappa shape index (κ1) is 12.6. The Balaban J connectivity index is 2.74. The van der Waals surface area contributed by atoms with Gasteiger partial charge in [0.1, 0.15) is 11.3 Å². The summed E-state index contributed by atoms with van der Waals surface area (Å²) in [5.74, 6) is 0.550. The third-order valence-electron chi connectivity index (χ3n) is 2.70. The van der Waals surface area contributed by atoms with E-state index in [1.165, 1.54) is 6.07 Å². The van der Waals surface area contributed by atoms with Gasteiger partial charge in [0.25, 0.3) is 0 Å². The zero-order valence-electron chi connectivity index (χ0n) is 10.7. The molecule has 0 atom stereocenters. The lowest BCUT2D eigenvalue weighted by molar-refractivity contribution is 0.225. The van der Waals surface area contributed by atoms with Crippen LogP contribution in [-0.4, -0.2) is 11.2 Å². The molecule has 0 saturated carbocycles. The maximum atomic E-state index is 11.4. The second kappa shape index (κ2) is 4.82. The van der Waals surface area contributed by atoms with Crippen LogP contribution in [-0.2, 0) is 6.61 Å². The summed E-state index contributed by atoms with van der Waals surface area (Å²) in [4.78, 5) is 11.4. The minimum Gasteiger partial charge on any atom is -0.490 e. The van der Waals surface area contributed by atoms with Crippen LogP contribution in [0.15, 0.2) is 27.4 Å². The summed E-state index contributed by atoms with van der Waals surface area (Å²) in [7, 11) is 0. The van der Waals surface area contributed by atoms with Crippen molar-refractivity contribution < 1.29 is 14.3 Å². The predicted molar refractivity (Wildman–Crippen MR) is 68.9 cm³/mol. The summed E-state index contributed by atoms with van der Waals surface area (Å²) >= 11 is 0. The van der Waals surface area contributed by atoms with Crippen LogP contribution >= 0.6 is 0 Å². The van der Waals surface area contributed by atoms with Crippen LogP contribution in [0.5, 0.6) is 5.75 Å². The van der Waals surface area contributed by atoms with Crippen LogP contribution in [0.25, 0.3) is 11.0 Å². The van der Waals surface area contributed by atoms with E-state index < -0.39 is 5.63 Å². The van der Waals surface area contributed by atoms with Gasteiger partial charge in [0, 0.05) is 11.5 Å². The SMILES string of the molecule is Cc1cc(=O)oc2c(CO)c(OC(C)C)ccc12. The van der Waals surface area contributed by atoms with E-state index in [1.54, 1.807) is 6.07 Å². The van der Waals surface area contributed by atoms with Gasteiger partial charge in [-0.25, -0.2) is 4.79 Å². The summed E-state index contributed by atoms with van der Waals surface area (Å²) in [5.41, 5.74) is 1.33. The van der Waals surface area contributed by atoms with E-state index in [-0.39, 0.29) is 12.7 Å². The Bertz CT molecular complexity index is 625. The molecule has 1 aromatic heterocycles. The van der Waals surface area contributed by atoms with E-state index in [0.717, 1.165) is 10.9 Å². The quantitative estimate of drug-likeness (QED) is 0.847. The number of aliphatic hydroxyl groups is 1. The van der Waals surface area contributed by atoms with Crippen molar-refractivity contribution in [3.05, 3.63) is 39.7 Å². The van der Waals surface area contributed by atoms with E-state index in [9.17, 15) is 9.90 Å². The monoisotopic (exact) mass is 248 g/mol. The number of fused-ring (bicyclic) bond motifs is 1. The Hall–Kier alpha value is -1.81. The summed E-state index contributed by atoms with van der Waals surface area (Å²) in [5, 5.41) is 10.3. The van der Waals surface area contributed by atoms with E-state index in [1.807, 2.05) is 26.8 Å². The van der Waals surface area contributed by atoms with E-state index in [4.69, 9.17) is 9.15 Å². The van der Waals surface area contributed by atoms with Gasteiger partial charge in [-0.15, -0.1) is 0 Å². The van der Waals surface area contributed by atoms with Gasteiger partial charge in [0.15, 0.2) is 0 Å². The number of ether oxygens (including phenoxy) is 1. The first-order valence-corrected chi connectivity index (χ1v) is 5.86. The lowest BCUT2D eigenvalue weighted by atomic mass is 10.1. The minimum absolute atomic E-state index is 0.00992. The van der Waals surface area contributed by atoms with E-state index in [2.05, 4.69) is 0 Å². The Labute approximate surface area is 105 Å². The topological polar surface area (TPSA) is 59.7 Å². The molecule has 0 aliphatic rings. The van der Waals surface area contributed by atoms with Gasteiger partial charge in [-0.05, 0) is 38.5 Å². The number of aliphatic hydroxyl groups excluding tert-OH is 1. The van der Waals surface area contributed by atoms with Crippen molar-refractivity contribution in [2.75, 3.05) is 0 Å². The molecule has 0 spiro atoms. The largest absolute Gasteiger partial charge is 0.490 e. The van der Waals surface area contributed by atoms with Gasteiger partial charge < -0.3 is 14.3 Å². The molecule has 1 aromatic carbocycles. The molecule has 1 heterocycles. The molecule has 0 aliphatic heterocycles. The predicted octanol–water partition coefficient (Wildman–Crippen LogP) is 2.38. The molecule has 4 nitrogen and oxygen atoms in total. The van der Waals surface area contributed by atoms with Gasteiger partial charge in [-0.3, -0.25) is 0 Å². The van der Waals surface area contributed by atoms with Crippen LogP contribution in [0.1, 0.15) is 25.0 Å². The van der Waals surface area contributed by atoms with Gasteiger partial charge in [-0.2, -0.15) is 0 Å². The second-order valence-corrected chi connectivity index (χ2v) is 4.49. The zero-order valence-corrected chi connectivity index (χ0v) is 10.7. The fourth-order valence-electron chi connectivity index (χ4n) is 1.94. The van der Waals surface area contributed by atoms with Crippen LogP contribution in [0.3, 0.4) is 0 Å². The summed E-state index contributed by atoms with van der Waals surface area (Å²) in [6.45, 7) is 5.41. The number of aryl methyl sites for hydroxylation is 1. The third kappa shape index (κ3) is 2.24. The van der Waals surface area contributed by atoms with Crippen molar-refractivity contribution in [1.29, 1.82) is 0 Å². The Morgan fingerprint density at radius 1 is 1.39 bits per heavy atom. The van der Waals surface area contributed by atoms with Crippen LogP contribution in [0.2, 0.25) is 0 Å². The lowest BCUT2D eigenvalue weighted by Gasteiger charge is -2.14. The maximum absolute atomic E-state index is 11.4. The van der Waals surface area contributed by atoms with Crippen molar-refractivity contribution >= 4 is 11.0 Å². The van der Waals surface area contributed by atoms with Crippen molar-refractivity contribution in [3.63, 3.8) is 0 Å². The van der Waals surface area contributed by atoms with Gasteiger partial charge >= 0.3 is 5.63 Å². The average molecular weight is 248 g/mol. The number of hydrogen-bond donors (Lipinski definition) is 1. The van der Waals surface area contributed by atoms with Crippen molar-refractivity contribution in [3.8, 4) is 5.75 Å². The normalized spacial score (nSPS) is 11.2. The highest BCUT2D eigenvalue weighted by molar-refractivity contribution is 5.84. The fraction of sp³-hybridized carbons (Fsp3) is 0.357. The molecular weight excluding hydrogens is 232 g/mol. The molecular formula is C14H16O4. The molecule has 18 heavy (non-hydrogen) atoms. The van der Waals surface area contributed by atoms with Crippen LogP contribution in [0.4, 0.5) is 0 Å².